The molecule has 1 aliphatic heterocycles. The van der Waals surface area contributed by atoms with Crippen molar-refractivity contribution in [3.8, 4) is 0 Å². The maximum atomic E-state index is 5.27. The van der Waals surface area contributed by atoms with E-state index in [1.54, 1.807) is 0 Å². The van der Waals surface area contributed by atoms with Gasteiger partial charge in [-0.05, 0) is 25.9 Å². The van der Waals surface area contributed by atoms with Crippen LogP contribution in [0, 0.1) is 0 Å². The fraction of sp³-hybridized carbons (Fsp3) is 0.875. The summed E-state index contributed by atoms with van der Waals surface area (Å²) in [6, 6.07) is 0.567. The molecule has 4 heteroatoms. The Labute approximate surface area is 73.6 Å². The van der Waals surface area contributed by atoms with Crippen molar-refractivity contribution >= 4 is 5.96 Å². The first-order valence-electron chi connectivity index (χ1n) is 4.53. The minimum Gasteiger partial charge on any atom is -0.370 e. The van der Waals surface area contributed by atoms with Crippen LogP contribution < -0.4 is 11.5 Å². The van der Waals surface area contributed by atoms with Gasteiger partial charge in [0.25, 0.3) is 0 Å². The molecule has 1 aliphatic rings. The predicted octanol–water partition coefficient (Wildman–Crippen LogP) is -0.256. The molecule has 0 saturated carbocycles. The summed E-state index contributed by atoms with van der Waals surface area (Å²) in [5, 5.41) is 0. The molecule has 4 nitrogen and oxygen atoms in total. The second-order valence-electron chi connectivity index (χ2n) is 3.19. The van der Waals surface area contributed by atoms with E-state index in [-0.39, 0.29) is 5.96 Å². The lowest BCUT2D eigenvalue weighted by atomic mass is 10.2. The fourth-order valence-corrected chi connectivity index (χ4v) is 1.73. The molecule has 0 aromatic rings. The van der Waals surface area contributed by atoms with Crippen LogP contribution in [0.4, 0.5) is 0 Å². The summed E-state index contributed by atoms with van der Waals surface area (Å²) in [6.07, 6.45) is 2.50. The molecular weight excluding hydrogens is 152 g/mol. The third-order valence-corrected chi connectivity index (χ3v) is 2.39. The van der Waals surface area contributed by atoms with Crippen molar-refractivity contribution in [1.29, 1.82) is 0 Å². The molecule has 0 radical (unpaired) electrons. The van der Waals surface area contributed by atoms with Crippen molar-refractivity contribution in [2.45, 2.75) is 25.8 Å². The van der Waals surface area contributed by atoms with Gasteiger partial charge in [0.15, 0.2) is 5.96 Å². The number of nitrogens with zero attached hydrogens (tertiary/aromatic N) is 2. The van der Waals surface area contributed by atoms with Gasteiger partial charge in [0, 0.05) is 6.04 Å². The van der Waals surface area contributed by atoms with Crippen LogP contribution in [-0.4, -0.2) is 36.5 Å². The van der Waals surface area contributed by atoms with Crippen LogP contribution >= 0.6 is 0 Å². The van der Waals surface area contributed by atoms with Gasteiger partial charge in [-0.2, -0.15) is 0 Å². The van der Waals surface area contributed by atoms with E-state index in [1.807, 2.05) is 0 Å². The van der Waals surface area contributed by atoms with E-state index in [0.29, 0.717) is 6.04 Å². The van der Waals surface area contributed by atoms with Gasteiger partial charge in [-0.25, -0.2) is 0 Å². The molecule has 1 heterocycles. The standard InChI is InChI=1S/C8H18N4/c1-2-12-5-3-4-7(12)6-11-8(9)10/h7H,2-6H2,1H3,(H4,9,10,11). The molecule has 0 aliphatic carbocycles. The topological polar surface area (TPSA) is 67.6 Å². The summed E-state index contributed by atoms with van der Waals surface area (Å²) in [7, 11) is 0. The van der Waals surface area contributed by atoms with Gasteiger partial charge in [0.2, 0.25) is 0 Å². The average molecular weight is 170 g/mol. The molecule has 1 unspecified atom stereocenters. The summed E-state index contributed by atoms with van der Waals surface area (Å²) in [6.45, 7) is 5.23. The van der Waals surface area contributed by atoms with Gasteiger partial charge in [-0.3, -0.25) is 9.89 Å². The number of nitrogens with two attached hydrogens (primary N) is 2. The van der Waals surface area contributed by atoms with Crippen molar-refractivity contribution in [2.75, 3.05) is 19.6 Å². The molecule has 1 rings (SSSR count). The Kier molecular flexibility index (Phi) is 3.34. The quantitative estimate of drug-likeness (QED) is 0.453. The van der Waals surface area contributed by atoms with Crippen LogP contribution in [0.1, 0.15) is 19.8 Å². The number of guanidine groups is 1. The monoisotopic (exact) mass is 170 g/mol. The highest BCUT2D eigenvalue weighted by atomic mass is 15.2. The molecule has 70 valence electrons. The summed E-state index contributed by atoms with van der Waals surface area (Å²) >= 11 is 0. The number of hydrogen-bond acceptors (Lipinski definition) is 2. The Balaban J connectivity index is 2.35. The van der Waals surface area contributed by atoms with Crippen LogP contribution in [0.15, 0.2) is 4.99 Å². The minimum atomic E-state index is 0.206. The molecule has 4 N–H and O–H groups in total. The zero-order valence-electron chi connectivity index (χ0n) is 7.66. The van der Waals surface area contributed by atoms with Gasteiger partial charge >= 0.3 is 0 Å². The Morgan fingerprint density at radius 2 is 2.33 bits per heavy atom. The third kappa shape index (κ3) is 2.37. The van der Waals surface area contributed by atoms with Crippen molar-refractivity contribution in [1.82, 2.24) is 4.90 Å². The first kappa shape index (κ1) is 9.32. The highest BCUT2D eigenvalue weighted by molar-refractivity contribution is 5.75. The first-order chi connectivity index (χ1) is 5.74. The van der Waals surface area contributed by atoms with E-state index in [9.17, 15) is 0 Å². The zero-order valence-corrected chi connectivity index (χ0v) is 7.66. The summed E-state index contributed by atoms with van der Waals surface area (Å²) < 4.78 is 0. The Bertz CT molecular complexity index is 162. The van der Waals surface area contributed by atoms with E-state index in [1.165, 1.54) is 19.4 Å². The number of likely N-dealkylation sites (N-methyl/N-ethyl adjacent to an activating group) is 1. The summed E-state index contributed by atoms with van der Waals surface area (Å²) in [5.41, 5.74) is 10.5. The maximum Gasteiger partial charge on any atom is 0.185 e. The van der Waals surface area contributed by atoms with Gasteiger partial charge < -0.3 is 11.5 Å². The molecular formula is C8H18N4. The summed E-state index contributed by atoms with van der Waals surface area (Å²) in [4.78, 5) is 6.46. The zero-order chi connectivity index (χ0) is 8.97. The Hall–Kier alpha value is -0.770. The maximum absolute atomic E-state index is 5.27. The van der Waals surface area contributed by atoms with Gasteiger partial charge in [-0.15, -0.1) is 0 Å². The molecule has 0 aromatic heterocycles. The molecule has 1 saturated heterocycles. The van der Waals surface area contributed by atoms with Gasteiger partial charge in [0.05, 0.1) is 6.54 Å². The highest BCUT2D eigenvalue weighted by Crippen LogP contribution is 2.16. The average Bonchev–Trinajstić information content (AvgIpc) is 2.47. The first-order valence-corrected chi connectivity index (χ1v) is 4.53. The van der Waals surface area contributed by atoms with Gasteiger partial charge in [-0.1, -0.05) is 6.92 Å². The molecule has 0 amide bonds. The van der Waals surface area contributed by atoms with E-state index in [2.05, 4.69) is 16.8 Å². The van der Waals surface area contributed by atoms with Crippen LogP contribution in [0.3, 0.4) is 0 Å². The lowest BCUT2D eigenvalue weighted by Gasteiger charge is -2.20. The highest BCUT2D eigenvalue weighted by Gasteiger charge is 2.21. The van der Waals surface area contributed by atoms with E-state index in [4.69, 9.17) is 11.5 Å². The molecule has 1 fully saturated rings. The fourth-order valence-electron chi connectivity index (χ4n) is 1.73. The van der Waals surface area contributed by atoms with Crippen molar-refractivity contribution in [3.05, 3.63) is 0 Å². The third-order valence-electron chi connectivity index (χ3n) is 2.39. The number of likely N-dealkylation sites (tertiary alicyclic amines) is 1. The van der Waals surface area contributed by atoms with E-state index >= 15 is 0 Å². The molecule has 0 bridgehead atoms. The van der Waals surface area contributed by atoms with Crippen molar-refractivity contribution in [2.24, 2.45) is 16.5 Å². The number of aliphatic imine (C=N–C) groups is 1. The molecule has 1 atom stereocenters. The van der Waals surface area contributed by atoms with Crippen LogP contribution in [0.25, 0.3) is 0 Å². The lowest BCUT2D eigenvalue weighted by Crippen LogP contribution is -2.33. The normalized spacial score (nSPS) is 24.2. The lowest BCUT2D eigenvalue weighted by molar-refractivity contribution is 0.273. The van der Waals surface area contributed by atoms with E-state index in [0.717, 1.165) is 13.1 Å². The second-order valence-corrected chi connectivity index (χ2v) is 3.19. The molecule has 0 aromatic carbocycles. The SMILES string of the molecule is CCN1CCCC1CN=C(N)N. The number of rotatable bonds is 3. The number of hydrogen-bond donors (Lipinski definition) is 2. The largest absolute Gasteiger partial charge is 0.370 e. The molecule has 0 spiro atoms. The Morgan fingerprint density at radius 1 is 1.58 bits per heavy atom. The second kappa shape index (κ2) is 4.30. The van der Waals surface area contributed by atoms with Crippen molar-refractivity contribution in [3.63, 3.8) is 0 Å². The minimum absolute atomic E-state index is 0.206. The Morgan fingerprint density at radius 3 is 2.92 bits per heavy atom. The van der Waals surface area contributed by atoms with Crippen LogP contribution in [0.5, 0.6) is 0 Å². The summed E-state index contributed by atoms with van der Waals surface area (Å²) in [5.74, 6) is 0.206. The van der Waals surface area contributed by atoms with Crippen molar-refractivity contribution < 1.29 is 0 Å². The predicted molar refractivity (Wildman–Crippen MR) is 50.9 cm³/mol. The smallest absolute Gasteiger partial charge is 0.185 e. The van der Waals surface area contributed by atoms with Crippen LogP contribution in [-0.2, 0) is 0 Å². The van der Waals surface area contributed by atoms with E-state index < -0.39 is 0 Å². The van der Waals surface area contributed by atoms with Crippen LogP contribution in [0.2, 0.25) is 0 Å². The molecule has 12 heavy (non-hydrogen) atoms. The van der Waals surface area contributed by atoms with Gasteiger partial charge in [0.1, 0.15) is 0 Å².